The molecule has 1 aromatic heterocycles. The van der Waals surface area contributed by atoms with Gasteiger partial charge in [-0.25, -0.2) is 9.37 Å². The van der Waals surface area contributed by atoms with E-state index in [2.05, 4.69) is 9.88 Å². The van der Waals surface area contributed by atoms with Gasteiger partial charge in [-0.05, 0) is 36.2 Å². The first-order valence-corrected chi connectivity index (χ1v) is 8.68. The largest absolute Gasteiger partial charge is 0.320 e. The average molecular weight is 352 g/mol. The Hall–Kier alpha value is -2.57. The van der Waals surface area contributed by atoms with Crippen LogP contribution in [0.1, 0.15) is 17.8 Å². The molecule has 1 aliphatic rings. The van der Waals surface area contributed by atoms with Crippen molar-refractivity contribution in [3.05, 3.63) is 76.1 Å². The Labute approximate surface area is 150 Å². The van der Waals surface area contributed by atoms with E-state index in [1.54, 1.807) is 23.7 Å². The molecule has 26 heavy (non-hydrogen) atoms. The Bertz CT molecular complexity index is 1030. The van der Waals surface area contributed by atoms with Crippen molar-refractivity contribution in [3.8, 4) is 0 Å². The van der Waals surface area contributed by atoms with E-state index in [0.29, 0.717) is 29.8 Å². The number of nitrogens with zero attached hydrogens (tertiary/aromatic N) is 3. The first kappa shape index (κ1) is 16.9. The Morgan fingerprint density at radius 1 is 1.23 bits per heavy atom. The number of fused-ring (bicyclic) bond motifs is 1. The topological polar surface area (TPSA) is 64.2 Å². The average Bonchev–Trinajstić information content (AvgIpc) is 3.02. The van der Waals surface area contributed by atoms with Crippen molar-refractivity contribution in [1.29, 1.82) is 0 Å². The highest BCUT2D eigenvalue weighted by atomic mass is 19.1. The smallest absolute Gasteiger partial charge is 0.261 e. The van der Waals surface area contributed by atoms with Gasteiger partial charge in [-0.15, -0.1) is 0 Å². The quantitative estimate of drug-likeness (QED) is 0.784. The zero-order chi connectivity index (χ0) is 18.3. The second-order valence-electron chi connectivity index (χ2n) is 7.04. The molecule has 0 spiro atoms. The first-order valence-electron chi connectivity index (χ1n) is 8.68. The van der Waals surface area contributed by atoms with Gasteiger partial charge in [0.15, 0.2) is 0 Å². The Morgan fingerprint density at radius 2 is 2.04 bits per heavy atom. The monoisotopic (exact) mass is 352 g/mol. The standard InChI is InChI=1S/C20H21FN4O/c1-24-18(23-17-8-3-2-7-16(17)19(24)26)12-25-10-9-20(22,13-25)14-5-4-6-15(21)11-14/h2-8,11H,9-10,12-13,22H2,1H3. The summed E-state index contributed by atoms with van der Waals surface area (Å²) in [5.41, 5.74) is 7.43. The van der Waals surface area contributed by atoms with Gasteiger partial charge in [0.05, 0.1) is 23.0 Å². The second-order valence-corrected chi connectivity index (χ2v) is 7.04. The fourth-order valence-corrected chi connectivity index (χ4v) is 3.69. The molecule has 6 heteroatoms. The maximum absolute atomic E-state index is 13.6. The molecule has 134 valence electrons. The number of nitrogens with two attached hydrogens (primary N) is 1. The van der Waals surface area contributed by atoms with Crippen molar-refractivity contribution >= 4 is 10.9 Å². The molecule has 2 aromatic carbocycles. The van der Waals surface area contributed by atoms with Crippen LogP contribution in [0.3, 0.4) is 0 Å². The van der Waals surface area contributed by atoms with Gasteiger partial charge in [0.1, 0.15) is 11.6 Å². The maximum Gasteiger partial charge on any atom is 0.261 e. The first-order chi connectivity index (χ1) is 12.5. The summed E-state index contributed by atoms with van der Waals surface area (Å²) < 4.78 is 15.2. The molecule has 0 saturated carbocycles. The lowest BCUT2D eigenvalue weighted by atomic mass is 9.90. The third-order valence-electron chi connectivity index (χ3n) is 5.22. The van der Waals surface area contributed by atoms with E-state index in [1.807, 2.05) is 24.3 Å². The molecule has 0 aliphatic carbocycles. The summed E-state index contributed by atoms with van der Waals surface area (Å²) >= 11 is 0. The summed E-state index contributed by atoms with van der Waals surface area (Å²) in [5.74, 6) is 0.432. The van der Waals surface area contributed by atoms with E-state index in [-0.39, 0.29) is 11.4 Å². The van der Waals surface area contributed by atoms with E-state index in [9.17, 15) is 9.18 Å². The van der Waals surface area contributed by atoms with Crippen molar-refractivity contribution in [1.82, 2.24) is 14.5 Å². The predicted molar refractivity (Wildman–Crippen MR) is 99.1 cm³/mol. The van der Waals surface area contributed by atoms with Gasteiger partial charge in [-0.3, -0.25) is 14.3 Å². The number of halogens is 1. The van der Waals surface area contributed by atoms with Crippen LogP contribution in [0.4, 0.5) is 4.39 Å². The van der Waals surface area contributed by atoms with Crippen LogP contribution in [0.25, 0.3) is 10.9 Å². The fraction of sp³-hybridized carbons (Fsp3) is 0.300. The molecule has 3 aromatic rings. The number of hydrogen-bond acceptors (Lipinski definition) is 4. The lowest BCUT2D eigenvalue weighted by Gasteiger charge is -2.25. The SMILES string of the molecule is Cn1c(CN2CCC(N)(c3cccc(F)c3)C2)nc2ccccc2c1=O. The van der Waals surface area contributed by atoms with Crippen molar-refractivity contribution in [2.75, 3.05) is 13.1 Å². The molecule has 2 N–H and O–H groups in total. The lowest BCUT2D eigenvalue weighted by Crippen LogP contribution is -2.40. The van der Waals surface area contributed by atoms with Gasteiger partial charge in [-0.2, -0.15) is 0 Å². The molecule has 0 radical (unpaired) electrons. The minimum Gasteiger partial charge on any atom is -0.320 e. The number of likely N-dealkylation sites (tertiary alicyclic amines) is 1. The molecular weight excluding hydrogens is 331 g/mol. The minimum absolute atomic E-state index is 0.0473. The highest BCUT2D eigenvalue weighted by Crippen LogP contribution is 2.30. The van der Waals surface area contributed by atoms with Crippen LogP contribution in [-0.2, 0) is 19.1 Å². The summed E-state index contributed by atoms with van der Waals surface area (Å²) in [5, 5.41) is 0.619. The minimum atomic E-state index is -0.586. The molecule has 4 rings (SSSR count). The molecule has 2 heterocycles. The van der Waals surface area contributed by atoms with Gasteiger partial charge in [-0.1, -0.05) is 24.3 Å². The van der Waals surface area contributed by atoms with Gasteiger partial charge >= 0.3 is 0 Å². The molecule has 1 fully saturated rings. The van der Waals surface area contributed by atoms with Gasteiger partial charge in [0, 0.05) is 20.1 Å². The molecule has 0 amide bonds. The van der Waals surface area contributed by atoms with Crippen molar-refractivity contribution in [2.24, 2.45) is 12.8 Å². The zero-order valence-corrected chi connectivity index (χ0v) is 14.7. The van der Waals surface area contributed by atoms with Crippen molar-refractivity contribution < 1.29 is 4.39 Å². The summed E-state index contributed by atoms with van der Waals surface area (Å²) in [7, 11) is 1.75. The highest BCUT2D eigenvalue weighted by Gasteiger charge is 2.36. The summed E-state index contributed by atoms with van der Waals surface area (Å²) in [6, 6.07) is 13.9. The molecule has 1 atom stereocenters. The third kappa shape index (κ3) is 2.91. The molecule has 1 saturated heterocycles. The van der Waals surface area contributed by atoms with Gasteiger partial charge < -0.3 is 5.73 Å². The van der Waals surface area contributed by atoms with Crippen LogP contribution in [-0.4, -0.2) is 27.5 Å². The Kier molecular flexibility index (Phi) is 4.09. The highest BCUT2D eigenvalue weighted by molar-refractivity contribution is 5.77. The van der Waals surface area contributed by atoms with E-state index in [0.717, 1.165) is 18.5 Å². The van der Waals surface area contributed by atoms with Crippen LogP contribution in [0, 0.1) is 5.82 Å². The number of rotatable bonds is 3. The number of hydrogen-bond donors (Lipinski definition) is 1. The van der Waals surface area contributed by atoms with Gasteiger partial charge in [0.2, 0.25) is 0 Å². The summed E-state index contributed by atoms with van der Waals surface area (Å²) in [6.45, 7) is 1.90. The Morgan fingerprint density at radius 3 is 2.85 bits per heavy atom. The van der Waals surface area contributed by atoms with Crippen LogP contribution in [0.2, 0.25) is 0 Å². The normalized spacial score (nSPS) is 20.7. The molecule has 5 nitrogen and oxygen atoms in total. The molecule has 1 aliphatic heterocycles. The molecule has 0 bridgehead atoms. The van der Waals surface area contributed by atoms with Gasteiger partial charge in [0.25, 0.3) is 5.56 Å². The number of benzene rings is 2. The number of aromatic nitrogens is 2. The van der Waals surface area contributed by atoms with Crippen LogP contribution in [0.5, 0.6) is 0 Å². The summed E-state index contributed by atoms with van der Waals surface area (Å²) in [6.07, 6.45) is 0.734. The third-order valence-corrected chi connectivity index (χ3v) is 5.22. The zero-order valence-electron chi connectivity index (χ0n) is 14.7. The van der Waals surface area contributed by atoms with E-state index in [4.69, 9.17) is 5.73 Å². The number of para-hydroxylation sites is 1. The Balaban J connectivity index is 1.60. The van der Waals surface area contributed by atoms with Crippen molar-refractivity contribution in [2.45, 2.75) is 18.5 Å². The summed E-state index contributed by atoms with van der Waals surface area (Å²) in [4.78, 5) is 19.4. The van der Waals surface area contributed by atoms with E-state index >= 15 is 0 Å². The van der Waals surface area contributed by atoms with E-state index in [1.165, 1.54) is 12.1 Å². The predicted octanol–water partition coefficient (Wildman–Crippen LogP) is 2.13. The maximum atomic E-state index is 13.6. The van der Waals surface area contributed by atoms with Crippen LogP contribution < -0.4 is 11.3 Å². The second kappa shape index (κ2) is 6.30. The lowest BCUT2D eigenvalue weighted by molar-refractivity contribution is 0.293. The molecule has 1 unspecified atom stereocenters. The fourth-order valence-electron chi connectivity index (χ4n) is 3.69. The van der Waals surface area contributed by atoms with E-state index < -0.39 is 5.54 Å². The van der Waals surface area contributed by atoms with Crippen LogP contribution in [0.15, 0.2) is 53.3 Å². The van der Waals surface area contributed by atoms with Crippen molar-refractivity contribution in [3.63, 3.8) is 0 Å². The van der Waals surface area contributed by atoms with Crippen LogP contribution >= 0.6 is 0 Å². The molecular formula is C20H21FN4O.